The molecule has 0 spiro atoms. The zero-order valence-corrected chi connectivity index (χ0v) is 19.8. The number of hydrazone groups is 1. The number of para-hydroxylation sites is 1. The molecule has 0 aliphatic rings. The summed E-state index contributed by atoms with van der Waals surface area (Å²) in [6.45, 7) is 5.16. The van der Waals surface area contributed by atoms with E-state index in [2.05, 4.69) is 21.2 Å². The molecule has 4 aromatic rings. The van der Waals surface area contributed by atoms with Crippen LogP contribution in [0.4, 0.5) is 0 Å². The van der Waals surface area contributed by atoms with E-state index in [1.165, 1.54) is 0 Å². The predicted octanol–water partition coefficient (Wildman–Crippen LogP) is 6.47. The van der Waals surface area contributed by atoms with Crippen molar-refractivity contribution in [3.63, 3.8) is 0 Å². The fraction of sp³-hybridized carbons (Fsp3) is 0.154. The van der Waals surface area contributed by atoms with Crippen LogP contribution in [-0.4, -0.2) is 23.3 Å². The molecule has 1 amide bonds. The zero-order chi connectivity index (χ0) is 23.4. The Kier molecular flexibility index (Phi) is 7.02. The van der Waals surface area contributed by atoms with Gasteiger partial charge in [0.2, 0.25) is 0 Å². The Morgan fingerprint density at radius 2 is 1.82 bits per heavy atom. The smallest absolute Gasteiger partial charge is 0.271 e. The molecule has 7 heteroatoms. The van der Waals surface area contributed by atoms with Crippen molar-refractivity contribution >= 4 is 46.2 Å². The van der Waals surface area contributed by atoms with E-state index in [0.29, 0.717) is 28.8 Å². The van der Waals surface area contributed by atoms with Crippen molar-refractivity contribution in [3.8, 4) is 5.75 Å². The molecule has 1 heterocycles. The molecule has 0 fully saturated rings. The van der Waals surface area contributed by atoms with Crippen molar-refractivity contribution < 1.29 is 9.53 Å². The molecule has 5 nitrogen and oxygen atoms in total. The van der Waals surface area contributed by atoms with Crippen LogP contribution in [0.1, 0.15) is 34.1 Å². The molecule has 3 aromatic carbocycles. The number of carbonyl (C=O) groups is 1. The van der Waals surface area contributed by atoms with Gasteiger partial charge in [-0.25, -0.2) is 5.43 Å². The lowest BCUT2D eigenvalue weighted by Gasteiger charge is -2.09. The van der Waals surface area contributed by atoms with Gasteiger partial charge in [0.25, 0.3) is 5.91 Å². The number of hydrogen-bond acceptors (Lipinski definition) is 3. The first-order chi connectivity index (χ1) is 16.0. The molecule has 33 heavy (non-hydrogen) atoms. The van der Waals surface area contributed by atoms with Gasteiger partial charge in [-0.15, -0.1) is 0 Å². The predicted molar refractivity (Wildman–Crippen MR) is 135 cm³/mol. The van der Waals surface area contributed by atoms with Gasteiger partial charge < -0.3 is 9.30 Å². The highest BCUT2D eigenvalue weighted by molar-refractivity contribution is 6.42. The SMILES string of the molecule is CCOc1ccc(C(=O)N/N=C/c2c(C)n(Cc3ccc(Cl)c(Cl)c3)c3ccccc23)cc1. The Morgan fingerprint density at radius 3 is 2.55 bits per heavy atom. The number of nitrogens with zero attached hydrogens (tertiary/aromatic N) is 2. The summed E-state index contributed by atoms with van der Waals surface area (Å²) in [4.78, 5) is 12.5. The Hall–Kier alpha value is -3.28. The van der Waals surface area contributed by atoms with E-state index >= 15 is 0 Å². The largest absolute Gasteiger partial charge is 0.494 e. The van der Waals surface area contributed by atoms with Crippen LogP contribution in [-0.2, 0) is 6.54 Å². The summed E-state index contributed by atoms with van der Waals surface area (Å²) in [7, 11) is 0. The molecule has 0 radical (unpaired) electrons. The van der Waals surface area contributed by atoms with E-state index in [1.54, 1.807) is 36.5 Å². The van der Waals surface area contributed by atoms with Gasteiger partial charge in [0.05, 0.1) is 22.9 Å². The number of aromatic nitrogens is 1. The van der Waals surface area contributed by atoms with E-state index in [-0.39, 0.29) is 5.91 Å². The van der Waals surface area contributed by atoms with E-state index in [1.807, 2.05) is 44.2 Å². The van der Waals surface area contributed by atoms with Crippen LogP contribution >= 0.6 is 23.2 Å². The summed E-state index contributed by atoms with van der Waals surface area (Å²) < 4.78 is 7.61. The molecular formula is C26H23Cl2N3O2. The number of halogens is 2. The molecule has 4 rings (SSSR count). The van der Waals surface area contributed by atoms with Gasteiger partial charge in [0.1, 0.15) is 5.75 Å². The molecule has 0 bridgehead atoms. The summed E-state index contributed by atoms with van der Waals surface area (Å²) >= 11 is 12.3. The molecule has 0 saturated carbocycles. The number of carbonyl (C=O) groups excluding carboxylic acids is 1. The lowest BCUT2D eigenvalue weighted by Crippen LogP contribution is -2.17. The Labute approximate surface area is 202 Å². The average molecular weight is 480 g/mol. The summed E-state index contributed by atoms with van der Waals surface area (Å²) in [6.07, 6.45) is 1.69. The fourth-order valence-corrected chi connectivity index (χ4v) is 4.05. The minimum Gasteiger partial charge on any atom is -0.494 e. The summed E-state index contributed by atoms with van der Waals surface area (Å²) in [6, 6.07) is 20.7. The summed E-state index contributed by atoms with van der Waals surface area (Å²) in [5.41, 5.74) is 7.20. The average Bonchev–Trinajstić information content (AvgIpc) is 3.08. The number of rotatable bonds is 7. The van der Waals surface area contributed by atoms with Crippen LogP contribution in [0.5, 0.6) is 5.75 Å². The van der Waals surface area contributed by atoms with Gasteiger partial charge in [0, 0.05) is 34.3 Å². The van der Waals surface area contributed by atoms with Crippen molar-refractivity contribution in [3.05, 3.63) is 99.2 Å². The number of amides is 1. The maximum Gasteiger partial charge on any atom is 0.271 e. The number of fused-ring (bicyclic) bond motifs is 1. The van der Waals surface area contributed by atoms with Gasteiger partial charge in [-0.2, -0.15) is 5.10 Å². The second kappa shape index (κ2) is 10.1. The van der Waals surface area contributed by atoms with Gasteiger partial charge in [-0.05, 0) is 61.9 Å². The quantitative estimate of drug-likeness (QED) is 0.244. The fourth-order valence-electron chi connectivity index (χ4n) is 3.73. The third kappa shape index (κ3) is 5.05. The molecule has 0 unspecified atom stereocenters. The highest BCUT2D eigenvalue weighted by Gasteiger charge is 2.13. The topological polar surface area (TPSA) is 55.6 Å². The monoisotopic (exact) mass is 479 g/mol. The van der Waals surface area contributed by atoms with Crippen LogP contribution in [0.3, 0.4) is 0 Å². The Bertz CT molecular complexity index is 1330. The number of hydrogen-bond donors (Lipinski definition) is 1. The molecule has 0 aliphatic carbocycles. The molecular weight excluding hydrogens is 457 g/mol. The highest BCUT2D eigenvalue weighted by Crippen LogP contribution is 2.28. The maximum atomic E-state index is 12.5. The first kappa shape index (κ1) is 22.9. The summed E-state index contributed by atoms with van der Waals surface area (Å²) in [5, 5.41) is 6.34. The molecule has 1 N–H and O–H groups in total. The number of ether oxygens (including phenoxy) is 1. The van der Waals surface area contributed by atoms with Crippen LogP contribution in [0.25, 0.3) is 10.9 Å². The van der Waals surface area contributed by atoms with Crippen LogP contribution in [0, 0.1) is 6.92 Å². The summed E-state index contributed by atoms with van der Waals surface area (Å²) in [5.74, 6) is 0.439. The van der Waals surface area contributed by atoms with Crippen LogP contribution in [0.15, 0.2) is 71.8 Å². The normalized spacial score (nSPS) is 11.3. The van der Waals surface area contributed by atoms with Gasteiger partial charge in [-0.3, -0.25) is 4.79 Å². The van der Waals surface area contributed by atoms with Crippen LogP contribution in [0.2, 0.25) is 10.0 Å². The van der Waals surface area contributed by atoms with Gasteiger partial charge in [-0.1, -0.05) is 47.5 Å². The van der Waals surface area contributed by atoms with Crippen molar-refractivity contribution in [2.24, 2.45) is 5.10 Å². The Balaban J connectivity index is 1.57. The molecule has 0 saturated heterocycles. The third-order valence-corrected chi connectivity index (χ3v) is 6.13. The van der Waals surface area contributed by atoms with E-state index in [9.17, 15) is 4.79 Å². The maximum absolute atomic E-state index is 12.5. The molecule has 1 aromatic heterocycles. The Morgan fingerprint density at radius 1 is 1.06 bits per heavy atom. The highest BCUT2D eigenvalue weighted by atomic mass is 35.5. The van der Waals surface area contributed by atoms with Crippen LogP contribution < -0.4 is 10.2 Å². The minimum atomic E-state index is -0.286. The first-order valence-electron chi connectivity index (χ1n) is 10.6. The van der Waals surface area contributed by atoms with Crippen molar-refractivity contribution in [1.82, 2.24) is 9.99 Å². The first-order valence-corrected chi connectivity index (χ1v) is 11.3. The third-order valence-electron chi connectivity index (χ3n) is 5.39. The van der Waals surface area contributed by atoms with Crippen molar-refractivity contribution in [1.29, 1.82) is 0 Å². The second-order valence-electron chi connectivity index (χ2n) is 7.51. The molecule has 0 aliphatic heterocycles. The van der Waals surface area contributed by atoms with Gasteiger partial charge >= 0.3 is 0 Å². The van der Waals surface area contributed by atoms with E-state index in [0.717, 1.165) is 33.5 Å². The number of benzene rings is 3. The number of nitrogens with one attached hydrogen (secondary N) is 1. The second-order valence-corrected chi connectivity index (χ2v) is 8.32. The molecule has 168 valence electrons. The van der Waals surface area contributed by atoms with E-state index < -0.39 is 0 Å². The lowest BCUT2D eigenvalue weighted by atomic mass is 10.1. The minimum absolute atomic E-state index is 0.286. The van der Waals surface area contributed by atoms with Gasteiger partial charge in [0.15, 0.2) is 0 Å². The van der Waals surface area contributed by atoms with E-state index in [4.69, 9.17) is 27.9 Å². The lowest BCUT2D eigenvalue weighted by molar-refractivity contribution is 0.0955. The molecule has 0 atom stereocenters. The van der Waals surface area contributed by atoms with Crippen molar-refractivity contribution in [2.45, 2.75) is 20.4 Å². The zero-order valence-electron chi connectivity index (χ0n) is 18.3. The standard InChI is InChI=1S/C26H23Cl2N3O2/c1-3-33-20-11-9-19(10-12-20)26(32)30-29-15-22-17(2)31(25-7-5-4-6-21(22)25)16-18-8-13-23(27)24(28)14-18/h4-15H,3,16H2,1-2H3,(H,30,32)/b29-15+. The van der Waals surface area contributed by atoms with Crippen molar-refractivity contribution in [2.75, 3.05) is 6.61 Å².